The van der Waals surface area contributed by atoms with Crippen molar-refractivity contribution in [3.8, 4) is 0 Å². The van der Waals surface area contributed by atoms with Crippen LogP contribution >= 0.6 is 11.3 Å². The molecule has 1 aromatic heterocycles. The van der Waals surface area contributed by atoms with Crippen molar-refractivity contribution in [3.63, 3.8) is 0 Å². The first-order valence-corrected chi connectivity index (χ1v) is 8.49. The van der Waals surface area contributed by atoms with Crippen LogP contribution in [0, 0.1) is 6.92 Å². The number of aryl methyl sites for hydroxylation is 1. The maximum Gasteiger partial charge on any atom is 0.246 e. The van der Waals surface area contributed by atoms with E-state index in [0.717, 1.165) is 15.6 Å². The van der Waals surface area contributed by atoms with Gasteiger partial charge in [0.2, 0.25) is 11.8 Å². The molecule has 1 atom stereocenters. The zero-order chi connectivity index (χ0) is 17.4. The van der Waals surface area contributed by atoms with Crippen molar-refractivity contribution in [2.24, 2.45) is 0 Å². The summed E-state index contributed by atoms with van der Waals surface area (Å²) < 4.78 is 5.36. The molecule has 0 aliphatic rings. The van der Waals surface area contributed by atoms with Gasteiger partial charge in [-0.1, -0.05) is 6.58 Å². The number of likely N-dealkylation sites (N-methyl/N-ethyl adjacent to an activating group) is 1. The number of amides is 2. The van der Waals surface area contributed by atoms with E-state index in [1.54, 1.807) is 0 Å². The molecule has 0 saturated carbocycles. The molecule has 6 nitrogen and oxygen atoms in total. The van der Waals surface area contributed by atoms with Gasteiger partial charge in [0, 0.05) is 18.0 Å². The van der Waals surface area contributed by atoms with Crippen LogP contribution in [0.4, 0.5) is 0 Å². The summed E-state index contributed by atoms with van der Waals surface area (Å²) in [4.78, 5) is 30.6. The molecule has 0 aliphatic carbocycles. The topological polar surface area (TPSA) is 71.5 Å². The molecule has 2 amide bonds. The number of nitrogens with one attached hydrogen (secondary N) is 1. The predicted molar refractivity (Wildman–Crippen MR) is 91.2 cm³/mol. The Hall–Kier alpha value is -1.73. The second-order valence-corrected chi connectivity index (χ2v) is 6.16. The van der Waals surface area contributed by atoms with Gasteiger partial charge in [-0.2, -0.15) is 0 Å². The molecule has 0 bridgehead atoms. The van der Waals surface area contributed by atoms with Crippen LogP contribution < -0.4 is 5.32 Å². The first kappa shape index (κ1) is 19.3. The number of nitrogens with zero attached hydrogens (tertiary/aromatic N) is 2. The number of hydrogen-bond acceptors (Lipinski definition) is 5. The lowest BCUT2D eigenvalue weighted by atomic mass is 10.2. The monoisotopic (exact) mass is 339 g/mol. The SMILES string of the molecule is C=CC(=O)N(CC)CC(=O)NC(C)c1sc(COCC)nc1C. The van der Waals surface area contributed by atoms with Crippen molar-refractivity contribution in [1.82, 2.24) is 15.2 Å². The van der Waals surface area contributed by atoms with E-state index in [2.05, 4.69) is 16.9 Å². The van der Waals surface area contributed by atoms with Crippen molar-refractivity contribution in [2.75, 3.05) is 19.7 Å². The van der Waals surface area contributed by atoms with Gasteiger partial charge in [-0.05, 0) is 33.8 Å². The highest BCUT2D eigenvalue weighted by Gasteiger charge is 2.19. The fraction of sp³-hybridized carbons (Fsp3) is 0.562. The van der Waals surface area contributed by atoms with E-state index >= 15 is 0 Å². The lowest BCUT2D eigenvalue weighted by Crippen LogP contribution is -2.40. The van der Waals surface area contributed by atoms with Crippen molar-refractivity contribution in [3.05, 3.63) is 28.2 Å². The Bertz CT molecular complexity index is 557. The van der Waals surface area contributed by atoms with Crippen LogP contribution in [0.25, 0.3) is 0 Å². The van der Waals surface area contributed by atoms with Gasteiger partial charge in [0.05, 0.1) is 24.9 Å². The van der Waals surface area contributed by atoms with Crippen LogP contribution in [0.15, 0.2) is 12.7 Å². The molecule has 1 aromatic rings. The maximum absolute atomic E-state index is 12.1. The lowest BCUT2D eigenvalue weighted by molar-refractivity contribution is -0.132. The Morgan fingerprint density at radius 3 is 2.74 bits per heavy atom. The second kappa shape index (κ2) is 9.42. The molecule has 7 heteroatoms. The quantitative estimate of drug-likeness (QED) is 0.700. The van der Waals surface area contributed by atoms with E-state index in [1.165, 1.54) is 22.3 Å². The lowest BCUT2D eigenvalue weighted by Gasteiger charge is -2.20. The molecule has 0 aromatic carbocycles. The van der Waals surface area contributed by atoms with E-state index in [0.29, 0.717) is 19.8 Å². The number of aromatic nitrogens is 1. The average Bonchev–Trinajstić information content (AvgIpc) is 2.90. The van der Waals surface area contributed by atoms with E-state index in [9.17, 15) is 9.59 Å². The number of carbonyl (C=O) groups excluding carboxylic acids is 2. The van der Waals surface area contributed by atoms with Crippen LogP contribution in [-0.4, -0.2) is 41.4 Å². The van der Waals surface area contributed by atoms with Crippen LogP contribution in [0.2, 0.25) is 0 Å². The molecular weight excluding hydrogens is 314 g/mol. The Balaban J connectivity index is 2.66. The fourth-order valence-electron chi connectivity index (χ4n) is 2.12. The Morgan fingerprint density at radius 1 is 1.48 bits per heavy atom. The molecule has 23 heavy (non-hydrogen) atoms. The van der Waals surface area contributed by atoms with Gasteiger partial charge in [-0.15, -0.1) is 11.3 Å². The minimum absolute atomic E-state index is 0.0232. The number of hydrogen-bond donors (Lipinski definition) is 1. The van der Waals surface area contributed by atoms with Crippen molar-refractivity contribution < 1.29 is 14.3 Å². The first-order chi connectivity index (χ1) is 10.9. The van der Waals surface area contributed by atoms with Gasteiger partial charge >= 0.3 is 0 Å². The predicted octanol–water partition coefficient (Wildman–Crippen LogP) is 2.20. The largest absolute Gasteiger partial charge is 0.375 e. The van der Waals surface area contributed by atoms with Gasteiger partial charge < -0.3 is 15.0 Å². The van der Waals surface area contributed by atoms with E-state index in [4.69, 9.17) is 4.74 Å². The zero-order valence-corrected chi connectivity index (χ0v) is 15.0. The van der Waals surface area contributed by atoms with E-state index in [-0.39, 0.29) is 24.4 Å². The average molecular weight is 339 g/mol. The normalized spacial score (nSPS) is 11.8. The summed E-state index contributed by atoms with van der Waals surface area (Å²) in [5.74, 6) is -0.447. The van der Waals surface area contributed by atoms with Gasteiger partial charge in [-0.25, -0.2) is 4.98 Å². The highest BCUT2D eigenvalue weighted by atomic mass is 32.1. The van der Waals surface area contributed by atoms with Gasteiger partial charge in [0.1, 0.15) is 5.01 Å². The number of carbonyl (C=O) groups is 2. The summed E-state index contributed by atoms with van der Waals surface area (Å²) >= 11 is 1.54. The van der Waals surface area contributed by atoms with Crippen LogP contribution in [0.1, 0.15) is 42.4 Å². The van der Waals surface area contributed by atoms with Crippen LogP contribution in [0.5, 0.6) is 0 Å². The third kappa shape index (κ3) is 5.76. The Kier molecular flexibility index (Phi) is 7.91. The van der Waals surface area contributed by atoms with Crippen molar-refractivity contribution >= 4 is 23.2 Å². The Labute approximate surface area is 141 Å². The first-order valence-electron chi connectivity index (χ1n) is 7.67. The van der Waals surface area contributed by atoms with Crippen LogP contribution in [0.3, 0.4) is 0 Å². The maximum atomic E-state index is 12.1. The second-order valence-electron chi connectivity index (χ2n) is 5.04. The summed E-state index contributed by atoms with van der Waals surface area (Å²) in [6.45, 7) is 12.7. The van der Waals surface area contributed by atoms with Gasteiger partial charge in [0.25, 0.3) is 0 Å². The van der Waals surface area contributed by atoms with E-state index < -0.39 is 0 Å². The summed E-state index contributed by atoms with van der Waals surface area (Å²) in [6, 6.07) is -0.159. The van der Waals surface area contributed by atoms with Crippen molar-refractivity contribution in [2.45, 2.75) is 40.3 Å². The number of ether oxygens (including phenoxy) is 1. The van der Waals surface area contributed by atoms with E-state index in [1.807, 2.05) is 27.7 Å². The molecule has 1 unspecified atom stereocenters. The minimum Gasteiger partial charge on any atom is -0.375 e. The molecule has 0 radical (unpaired) electrons. The molecule has 0 spiro atoms. The molecular formula is C16H25N3O3S. The molecule has 128 valence electrons. The number of rotatable bonds is 9. The van der Waals surface area contributed by atoms with Crippen LogP contribution in [-0.2, 0) is 20.9 Å². The summed E-state index contributed by atoms with van der Waals surface area (Å²) in [6.07, 6.45) is 1.22. The van der Waals surface area contributed by atoms with Gasteiger partial charge in [-0.3, -0.25) is 9.59 Å². The smallest absolute Gasteiger partial charge is 0.246 e. The standard InChI is InChI=1S/C16H25N3O3S/c1-6-15(21)19(7-2)9-13(20)17-11(4)16-12(5)18-14(23-16)10-22-8-3/h6,11H,1,7-10H2,2-5H3,(H,17,20). The molecule has 0 fully saturated rings. The highest BCUT2D eigenvalue weighted by molar-refractivity contribution is 7.11. The Morgan fingerprint density at radius 2 is 2.17 bits per heavy atom. The molecule has 1 heterocycles. The summed E-state index contributed by atoms with van der Waals surface area (Å²) in [5, 5.41) is 3.81. The summed E-state index contributed by atoms with van der Waals surface area (Å²) in [5.41, 5.74) is 0.895. The third-order valence-corrected chi connectivity index (χ3v) is 4.59. The van der Waals surface area contributed by atoms with Gasteiger partial charge in [0.15, 0.2) is 0 Å². The zero-order valence-electron chi connectivity index (χ0n) is 14.2. The molecule has 1 N–H and O–H groups in total. The molecule has 1 rings (SSSR count). The molecule has 0 aliphatic heterocycles. The minimum atomic E-state index is -0.247. The third-order valence-electron chi connectivity index (χ3n) is 3.28. The molecule has 0 saturated heterocycles. The van der Waals surface area contributed by atoms with Crippen molar-refractivity contribution in [1.29, 1.82) is 0 Å². The fourth-order valence-corrected chi connectivity index (χ4v) is 3.13. The number of thiazole rings is 1. The highest BCUT2D eigenvalue weighted by Crippen LogP contribution is 2.25. The summed E-state index contributed by atoms with van der Waals surface area (Å²) in [7, 11) is 0.